The lowest BCUT2D eigenvalue weighted by Crippen LogP contribution is -2.56. The van der Waals surface area contributed by atoms with Crippen molar-refractivity contribution in [2.75, 3.05) is 45.1 Å². The molecule has 7 nitrogen and oxygen atoms in total. The van der Waals surface area contributed by atoms with Gasteiger partial charge in [0.2, 0.25) is 0 Å². The van der Waals surface area contributed by atoms with Crippen molar-refractivity contribution in [2.24, 2.45) is 0 Å². The molecule has 6 rings (SSSR count). The van der Waals surface area contributed by atoms with Gasteiger partial charge in [-0.3, -0.25) is 19.5 Å². The summed E-state index contributed by atoms with van der Waals surface area (Å²) in [6.45, 7) is 8.86. The molecule has 2 amide bonds. The summed E-state index contributed by atoms with van der Waals surface area (Å²) in [7, 11) is 0. The van der Waals surface area contributed by atoms with Crippen molar-refractivity contribution in [3.8, 4) is 11.3 Å². The average molecular weight is 519 g/mol. The number of amides is 2. The number of morpholine rings is 1. The van der Waals surface area contributed by atoms with Crippen molar-refractivity contribution in [1.29, 1.82) is 0 Å². The fraction of sp³-hybridized carbons (Fsp3) is 0.483. The molecule has 0 bridgehead atoms. The van der Waals surface area contributed by atoms with E-state index in [0.29, 0.717) is 18.8 Å². The van der Waals surface area contributed by atoms with Crippen molar-refractivity contribution in [3.05, 3.63) is 64.2 Å². The van der Waals surface area contributed by atoms with Crippen molar-refractivity contribution in [2.45, 2.75) is 44.2 Å². The standard InChI is InChI=1S/C29H34N4O3S/c1-28(2)18-23-25(26(34)31-28)37-19-29(23,33-12-14-36-15-13-33)22-8-9-30-24(17-22)20-6-5-7-21(16-20)27(35)32-10-3-4-11-32/h5-9,16-17H,3-4,10-15,18-19H2,1-2H3,(H,31,34). The number of hydrogen-bond acceptors (Lipinski definition) is 6. The van der Waals surface area contributed by atoms with E-state index in [-0.39, 0.29) is 22.9 Å². The summed E-state index contributed by atoms with van der Waals surface area (Å²) < 4.78 is 5.72. The number of pyridine rings is 1. The topological polar surface area (TPSA) is 74.8 Å². The Labute approximate surface area is 222 Å². The zero-order chi connectivity index (χ0) is 25.6. The van der Waals surface area contributed by atoms with E-state index in [4.69, 9.17) is 9.72 Å². The van der Waals surface area contributed by atoms with Gasteiger partial charge in [-0.1, -0.05) is 12.1 Å². The van der Waals surface area contributed by atoms with Gasteiger partial charge in [-0.25, -0.2) is 0 Å². The Morgan fingerprint density at radius 3 is 2.65 bits per heavy atom. The second-order valence-corrected chi connectivity index (χ2v) is 12.1. The van der Waals surface area contributed by atoms with Gasteiger partial charge in [0, 0.05) is 54.8 Å². The first-order chi connectivity index (χ1) is 17.9. The molecule has 5 heterocycles. The molecule has 1 aromatic carbocycles. The van der Waals surface area contributed by atoms with E-state index in [9.17, 15) is 9.59 Å². The highest BCUT2D eigenvalue weighted by molar-refractivity contribution is 8.04. The number of nitrogens with zero attached hydrogens (tertiary/aromatic N) is 3. The second-order valence-electron chi connectivity index (χ2n) is 11.1. The minimum atomic E-state index is -0.389. The molecule has 194 valence electrons. The molecule has 8 heteroatoms. The summed E-state index contributed by atoms with van der Waals surface area (Å²) in [4.78, 5) is 36.2. The quantitative estimate of drug-likeness (QED) is 0.664. The van der Waals surface area contributed by atoms with Gasteiger partial charge in [-0.05, 0) is 68.5 Å². The molecular formula is C29H34N4O3S. The van der Waals surface area contributed by atoms with E-state index >= 15 is 0 Å². The SMILES string of the molecule is CC1(C)CC2=C(SCC2(c2ccnc(-c3cccc(C(=O)N4CCCC4)c3)c2)N2CCOCC2)C(=O)N1. The Morgan fingerprint density at radius 2 is 1.86 bits per heavy atom. The number of nitrogens with one attached hydrogen (secondary N) is 1. The monoisotopic (exact) mass is 518 g/mol. The Morgan fingerprint density at radius 1 is 1.08 bits per heavy atom. The van der Waals surface area contributed by atoms with Crippen LogP contribution in [0, 0.1) is 0 Å². The van der Waals surface area contributed by atoms with E-state index in [0.717, 1.165) is 72.9 Å². The molecule has 1 atom stereocenters. The summed E-state index contributed by atoms with van der Waals surface area (Å²) in [5, 5.41) is 3.19. The third-order valence-corrected chi connectivity index (χ3v) is 9.35. The minimum absolute atomic E-state index is 0.0359. The number of aromatic nitrogens is 1. The molecule has 4 aliphatic heterocycles. The van der Waals surface area contributed by atoms with Gasteiger partial charge < -0.3 is 15.0 Å². The number of ether oxygens (including phenoxy) is 1. The molecule has 2 aromatic rings. The molecule has 0 saturated carbocycles. The van der Waals surface area contributed by atoms with Crippen LogP contribution in [0.15, 0.2) is 53.1 Å². The Hall–Kier alpha value is -2.68. The van der Waals surface area contributed by atoms with Crippen LogP contribution in [0.4, 0.5) is 0 Å². The lowest BCUT2D eigenvalue weighted by Gasteiger charge is -2.47. The molecule has 1 N–H and O–H groups in total. The van der Waals surface area contributed by atoms with Gasteiger partial charge >= 0.3 is 0 Å². The predicted molar refractivity (Wildman–Crippen MR) is 145 cm³/mol. The van der Waals surface area contributed by atoms with E-state index in [1.165, 1.54) is 5.57 Å². The first-order valence-electron chi connectivity index (χ1n) is 13.3. The van der Waals surface area contributed by atoms with Crippen LogP contribution in [0.1, 0.15) is 49.0 Å². The summed E-state index contributed by atoms with van der Waals surface area (Å²) >= 11 is 1.67. The lowest BCUT2D eigenvalue weighted by molar-refractivity contribution is -0.119. The number of benzene rings is 1. The first kappa shape index (κ1) is 24.6. The Balaban J connectivity index is 1.42. The molecule has 37 heavy (non-hydrogen) atoms. The van der Waals surface area contributed by atoms with E-state index in [1.807, 2.05) is 35.4 Å². The molecule has 0 aliphatic carbocycles. The van der Waals surface area contributed by atoms with E-state index in [2.05, 4.69) is 36.2 Å². The van der Waals surface area contributed by atoms with Crippen LogP contribution in [0.5, 0.6) is 0 Å². The van der Waals surface area contributed by atoms with Gasteiger partial charge in [0.15, 0.2) is 0 Å². The van der Waals surface area contributed by atoms with Gasteiger partial charge in [-0.15, -0.1) is 11.8 Å². The highest BCUT2D eigenvalue weighted by Crippen LogP contribution is 2.53. The van der Waals surface area contributed by atoms with Gasteiger partial charge in [0.1, 0.15) is 0 Å². The van der Waals surface area contributed by atoms with Crippen LogP contribution < -0.4 is 5.32 Å². The number of rotatable bonds is 4. The van der Waals surface area contributed by atoms with Crippen LogP contribution in [0.25, 0.3) is 11.3 Å². The number of carbonyl (C=O) groups is 2. The van der Waals surface area contributed by atoms with Gasteiger partial charge in [0.25, 0.3) is 11.8 Å². The number of thioether (sulfide) groups is 1. The maximum absolute atomic E-state index is 13.1. The van der Waals surface area contributed by atoms with Crippen molar-refractivity contribution >= 4 is 23.6 Å². The second kappa shape index (κ2) is 9.57. The molecule has 0 radical (unpaired) electrons. The number of hydrogen-bond donors (Lipinski definition) is 1. The zero-order valence-electron chi connectivity index (χ0n) is 21.6. The average Bonchev–Trinajstić information content (AvgIpc) is 3.58. The van der Waals surface area contributed by atoms with Crippen molar-refractivity contribution in [1.82, 2.24) is 20.1 Å². The summed E-state index contributed by atoms with van der Waals surface area (Å²) in [6, 6.07) is 12.1. The van der Waals surface area contributed by atoms with Gasteiger partial charge in [0.05, 0.1) is 29.4 Å². The highest BCUT2D eigenvalue weighted by Gasteiger charge is 2.52. The summed E-state index contributed by atoms with van der Waals surface area (Å²) in [5.74, 6) is 0.921. The Bertz CT molecular complexity index is 1260. The summed E-state index contributed by atoms with van der Waals surface area (Å²) in [6.07, 6.45) is 4.82. The Kier molecular flexibility index (Phi) is 6.37. The molecule has 2 saturated heterocycles. The molecule has 1 aromatic heterocycles. The fourth-order valence-electron chi connectivity index (χ4n) is 6.25. The lowest BCUT2D eigenvalue weighted by atomic mass is 9.75. The number of likely N-dealkylation sites (tertiary alicyclic amines) is 1. The minimum Gasteiger partial charge on any atom is -0.379 e. The van der Waals surface area contributed by atoms with Crippen molar-refractivity contribution < 1.29 is 14.3 Å². The molecule has 0 spiro atoms. The first-order valence-corrected chi connectivity index (χ1v) is 14.2. The third-order valence-electron chi connectivity index (χ3n) is 8.06. The normalized spacial score (nSPS) is 25.8. The van der Waals surface area contributed by atoms with Crippen LogP contribution in [0.3, 0.4) is 0 Å². The maximum Gasteiger partial charge on any atom is 0.258 e. The fourth-order valence-corrected chi connectivity index (χ4v) is 7.72. The molecular weight excluding hydrogens is 484 g/mol. The van der Waals surface area contributed by atoms with Crippen LogP contribution in [-0.2, 0) is 15.1 Å². The zero-order valence-corrected chi connectivity index (χ0v) is 22.4. The molecule has 4 aliphatic rings. The molecule has 2 fully saturated rings. The number of carbonyl (C=O) groups excluding carboxylic acids is 2. The predicted octanol–water partition coefficient (Wildman–Crippen LogP) is 3.81. The largest absolute Gasteiger partial charge is 0.379 e. The smallest absolute Gasteiger partial charge is 0.258 e. The van der Waals surface area contributed by atoms with Crippen molar-refractivity contribution in [3.63, 3.8) is 0 Å². The molecule has 1 unspecified atom stereocenters. The highest BCUT2D eigenvalue weighted by atomic mass is 32.2. The van der Waals surface area contributed by atoms with Crippen LogP contribution in [-0.4, -0.2) is 77.3 Å². The summed E-state index contributed by atoms with van der Waals surface area (Å²) in [5.41, 5.74) is 4.16. The maximum atomic E-state index is 13.1. The van der Waals surface area contributed by atoms with E-state index < -0.39 is 0 Å². The third kappa shape index (κ3) is 4.39. The van der Waals surface area contributed by atoms with E-state index in [1.54, 1.807) is 11.8 Å². The van der Waals surface area contributed by atoms with Crippen LogP contribution in [0.2, 0.25) is 0 Å². The van der Waals surface area contributed by atoms with Gasteiger partial charge in [-0.2, -0.15) is 0 Å². The van der Waals surface area contributed by atoms with Crippen LogP contribution >= 0.6 is 11.8 Å².